The molecule has 0 spiro atoms. The number of rotatable bonds is 6. The van der Waals surface area contributed by atoms with Crippen molar-refractivity contribution in [2.75, 3.05) is 47.2 Å². The van der Waals surface area contributed by atoms with Gasteiger partial charge in [0.15, 0.2) is 11.6 Å². The number of urea groups is 1. The maximum absolute atomic E-state index is 14.4. The summed E-state index contributed by atoms with van der Waals surface area (Å²) in [5.41, 5.74) is 3.79. The first kappa shape index (κ1) is 27.6. The van der Waals surface area contributed by atoms with E-state index in [0.717, 1.165) is 0 Å². The van der Waals surface area contributed by atoms with Gasteiger partial charge in [-0.05, 0) is 54.6 Å². The van der Waals surface area contributed by atoms with Gasteiger partial charge in [0.05, 0.1) is 18.7 Å². The number of fused-ring (bicyclic) bond motifs is 1. The molecular weight excluding hydrogens is 553 g/mol. The Morgan fingerprint density at radius 1 is 0.860 bits per heavy atom. The maximum atomic E-state index is 14.4. The summed E-state index contributed by atoms with van der Waals surface area (Å²) in [7, 11) is 0. The number of nitrogens with zero attached hydrogens (tertiary/aromatic N) is 6. The fraction of sp³-hybridized carbons (Fsp3) is 0.167. The number of hydrogen-bond donors (Lipinski definition) is 3. The van der Waals surface area contributed by atoms with Crippen LogP contribution < -0.4 is 20.9 Å². The first-order valence-electron chi connectivity index (χ1n) is 13.5. The van der Waals surface area contributed by atoms with Crippen LogP contribution in [0.15, 0.2) is 73.2 Å². The van der Waals surface area contributed by atoms with E-state index in [9.17, 15) is 14.0 Å². The standard InChI is InChI=1S/C30H26FN9O3/c1-18(41)35-21-5-7-22(8-6-21)36-30(42)38-25-9-4-19(16-33-25)28-37-24-15-20(23-3-2-10-32-27(23)31)17-34-26(24)29(39-28)40-11-13-43-14-12-40/h2-10,15-17H,11-14H2,1H3,(H,35,41)(H2,33,36,38,42). The third kappa shape index (κ3) is 6.36. The number of aromatic nitrogens is 5. The highest BCUT2D eigenvalue weighted by molar-refractivity contribution is 5.99. The van der Waals surface area contributed by atoms with Crippen molar-refractivity contribution in [3.63, 3.8) is 0 Å². The van der Waals surface area contributed by atoms with Gasteiger partial charge in [0.25, 0.3) is 0 Å². The number of morpholine rings is 1. The molecule has 13 heteroatoms. The zero-order chi connectivity index (χ0) is 29.8. The summed E-state index contributed by atoms with van der Waals surface area (Å²) in [5.74, 6) is 0.599. The molecule has 3 N–H and O–H groups in total. The molecule has 5 aromatic rings. The molecule has 0 bridgehead atoms. The van der Waals surface area contributed by atoms with E-state index >= 15 is 0 Å². The molecule has 4 aromatic heterocycles. The van der Waals surface area contributed by atoms with Crippen LogP contribution in [0.1, 0.15) is 6.92 Å². The van der Waals surface area contributed by atoms with Crippen LogP contribution in [0.25, 0.3) is 33.5 Å². The Balaban J connectivity index is 1.25. The van der Waals surface area contributed by atoms with Crippen molar-refractivity contribution in [3.05, 3.63) is 79.1 Å². The van der Waals surface area contributed by atoms with Gasteiger partial charge in [-0.2, -0.15) is 4.39 Å². The Morgan fingerprint density at radius 2 is 1.60 bits per heavy atom. The minimum Gasteiger partial charge on any atom is -0.378 e. The number of amides is 3. The van der Waals surface area contributed by atoms with Gasteiger partial charge >= 0.3 is 6.03 Å². The van der Waals surface area contributed by atoms with Crippen molar-refractivity contribution in [1.82, 2.24) is 24.9 Å². The first-order chi connectivity index (χ1) is 20.9. The quantitative estimate of drug-likeness (QED) is 0.243. The fourth-order valence-corrected chi connectivity index (χ4v) is 4.60. The lowest BCUT2D eigenvalue weighted by atomic mass is 10.1. The van der Waals surface area contributed by atoms with Crippen LogP contribution in [-0.2, 0) is 9.53 Å². The van der Waals surface area contributed by atoms with Crippen LogP contribution in [0.4, 0.5) is 32.2 Å². The highest BCUT2D eigenvalue weighted by atomic mass is 19.1. The first-order valence-corrected chi connectivity index (χ1v) is 13.5. The van der Waals surface area contributed by atoms with Crippen molar-refractivity contribution in [3.8, 4) is 22.5 Å². The van der Waals surface area contributed by atoms with Gasteiger partial charge in [-0.3, -0.25) is 15.1 Å². The van der Waals surface area contributed by atoms with Crippen molar-refractivity contribution >= 4 is 46.0 Å². The van der Waals surface area contributed by atoms with E-state index in [0.29, 0.717) is 82.9 Å². The predicted molar refractivity (Wildman–Crippen MR) is 160 cm³/mol. The third-order valence-corrected chi connectivity index (χ3v) is 6.62. The number of ether oxygens (including phenoxy) is 1. The second kappa shape index (κ2) is 12.1. The van der Waals surface area contributed by atoms with Crippen LogP contribution in [0.5, 0.6) is 0 Å². The van der Waals surface area contributed by atoms with E-state index < -0.39 is 12.0 Å². The monoisotopic (exact) mass is 579 g/mol. The lowest BCUT2D eigenvalue weighted by Crippen LogP contribution is -2.37. The van der Waals surface area contributed by atoms with Crippen molar-refractivity contribution in [2.45, 2.75) is 6.92 Å². The number of carbonyl (C=O) groups excluding carboxylic acids is 2. The number of benzene rings is 1. The lowest BCUT2D eigenvalue weighted by Gasteiger charge is -2.28. The third-order valence-electron chi connectivity index (χ3n) is 6.62. The van der Waals surface area contributed by atoms with Crippen LogP contribution in [0.2, 0.25) is 0 Å². The van der Waals surface area contributed by atoms with Crippen LogP contribution >= 0.6 is 0 Å². The lowest BCUT2D eigenvalue weighted by molar-refractivity contribution is -0.114. The molecule has 12 nitrogen and oxygen atoms in total. The zero-order valence-electron chi connectivity index (χ0n) is 23.0. The Labute approximate surface area is 245 Å². The van der Waals surface area contributed by atoms with Gasteiger partial charge in [0, 0.05) is 66.7 Å². The molecule has 43 heavy (non-hydrogen) atoms. The second-order valence-electron chi connectivity index (χ2n) is 9.67. The largest absolute Gasteiger partial charge is 0.378 e. The van der Waals surface area contributed by atoms with E-state index in [2.05, 4.69) is 35.8 Å². The molecule has 0 atom stereocenters. The maximum Gasteiger partial charge on any atom is 0.324 e. The van der Waals surface area contributed by atoms with Crippen LogP contribution in [-0.4, -0.2) is 63.2 Å². The normalized spacial score (nSPS) is 13.0. The molecule has 1 saturated heterocycles. The van der Waals surface area contributed by atoms with Gasteiger partial charge in [-0.1, -0.05) is 0 Å². The summed E-state index contributed by atoms with van der Waals surface area (Å²) < 4.78 is 20.0. The minimum atomic E-state index is -0.593. The van der Waals surface area contributed by atoms with Crippen LogP contribution in [0, 0.1) is 5.95 Å². The summed E-state index contributed by atoms with van der Waals surface area (Å²) in [6.45, 7) is 3.81. The number of hydrogen-bond acceptors (Lipinski definition) is 9. The SMILES string of the molecule is CC(=O)Nc1ccc(NC(=O)Nc2ccc(-c3nc(N4CCOCC4)c4ncc(-c5cccnc5F)cc4n3)cn2)cc1. The molecule has 0 unspecified atom stereocenters. The minimum absolute atomic E-state index is 0.180. The molecule has 0 radical (unpaired) electrons. The molecule has 0 saturated carbocycles. The molecular formula is C30H26FN9O3. The van der Waals surface area contributed by atoms with E-state index in [1.54, 1.807) is 67.0 Å². The average molecular weight is 580 g/mol. The second-order valence-corrected chi connectivity index (χ2v) is 9.67. The molecule has 1 aliphatic heterocycles. The number of halogens is 1. The molecule has 6 rings (SSSR count). The van der Waals surface area contributed by atoms with E-state index in [-0.39, 0.29) is 5.91 Å². The highest BCUT2D eigenvalue weighted by Gasteiger charge is 2.20. The summed E-state index contributed by atoms with van der Waals surface area (Å²) in [6.07, 6.45) is 4.56. The van der Waals surface area contributed by atoms with Crippen LogP contribution in [0.3, 0.4) is 0 Å². The number of carbonyl (C=O) groups is 2. The van der Waals surface area contributed by atoms with E-state index in [1.807, 2.05) is 0 Å². The molecule has 216 valence electrons. The molecule has 3 amide bonds. The smallest absolute Gasteiger partial charge is 0.324 e. The van der Waals surface area contributed by atoms with Crippen molar-refractivity contribution in [1.29, 1.82) is 0 Å². The molecule has 5 heterocycles. The van der Waals surface area contributed by atoms with E-state index in [1.165, 1.54) is 13.1 Å². The Kier molecular flexibility index (Phi) is 7.78. The van der Waals surface area contributed by atoms with Gasteiger partial charge in [0.2, 0.25) is 11.9 Å². The molecule has 1 fully saturated rings. The Hall–Kier alpha value is -5.56. The number of pyridine rings is 3. The van der Waals surface area contributed by atoms with Gasteiger partial charge in [-0.25, -0.2) is 24.7 Å². The summed E-state index contributed by atoms with van der Waals surface area (Å²) in [6, 6.07) is 14.7. The topological polar surface area (TPSA) is 147 Å². The van der Waals surface area contributed by atoms with Gasteiger partial charge < -0.3 is 20.3 Å². The average Bonchev–Trinajstić information content (AvgIpc) is 3.02. The predicted octanol–water partition coefficient (Wildman–Crippen LogP) is 4.73. The summed E-state index contributed by atoms with van der Waals surface area (Å²) in [4.78, 5) is 48.1. The summed E-state index contributed by atoms with van der Waals surface area (Å²) >= 11 is 0. The molecule has 0 aliphatic carbocycles. The van der Waals surface area contributed by atoms with E-state index in [4.69, 9.17) is 14.7 Å². The summed E-state index contributed by atoms with van der Waals surface area (Å²) in [5, 5.41) is 8.09. The number of nitrogens with one attached hydrogen (secondary N) is 3. The fourth-order valence-electron chi connectivity index (χ4n) is 4.60. The highest BCUT2D eigenvalue weighted by Crippen LogP contribution is 2.30. The Bertz CT molecular complexity index is 1790. The molecule has 1 aliphatic rings. The van der Waals surface area contributed by atoms with Gasteiger partial charge in [-0.15, -0.1) is 0 Å². The van der Waals surface area contributed by atoms with Gasteiger partial charge in [0.1, 0.15) is 11.3 Å². The number of anilines is 4. The zero-order valence-corrected chi connectivity index (χ0v) is 23.0. The van der Waals surface area contributed by atoms with Crippen molar-refractivity contribution < 1.29 is 18.7 Å². The Morgan fingerprint density at radius 3 is 2.30 bits per heavy atom. The van der Waals surface area contributed by atoms with Crippen molar-refractivity contribution in [2.24, 2.45) is 0 Å². The molecule has 1 aromatic carbocycles.